The summed E-state index contributed by atoms with van der Waals surface area (Å²) in [5.74, 6) is -4.41. The molecule has 23 nitrogen and oxygen atoms in total. The van der Waals surface area contributed by atoms with E-state index in [4.69, 9.17) is 11.6 Å². The Morgan fingerprint density at radius 2 is 1.39 bits per heavy atom. The molecule has 0 saturated heterocycles. The summed E-state index contributed by atoms with van der Waals surface area (Å²) in [6, 6.07) is 15.1. The number of phenolic OH excluding ortho intramolecular Hbond substituents is 1. The van der Waals surface area contributed by atoms with E-state index in [0.29, 0.717) is 6.42 Å². The first-order valence-electron chi connectivity index (χ1n) is 16.9. The van der Waals surface area contributed by atoms with Crippen molar-refractivity contribution in [3.05, 3.63) is 95.3 Å². The van der Waals surface area contributed by atoms with Gasteiger partial charge in [0.05, 0.1) is 26.7 Å². The Hall–Kier alpha value is -6.68. The van der Waals surface area contributed by atoms with E-state index in [2.05, 4.69) is 51.7 Å². The van der Waals surface area contributed by atoms with Crippen LogP contribution in [0.15, 0.2) is 109 Å². The van der Waals surface area contributed by atoms with Crippen molar-refractivity contribution in [1.82, 2.24) is 15.0 Å². The topological polar surface area (TPSA) is 362 Å². The largest absolute Gasteiger partial charge is 0.504 e. The van der Waals surface area contributed by atoms with E-state index in [1.807, 2.05) is 0 Å². The molecule has 0 saturated carbocycles. The Balaban J connectivity index is 1.52. The normalized spacial score (nSPS) is 12.8. The first kappa shape index (κ1) is 45.4. The molecule has 1 heterocycles. The molecule has 27 heteroatoms. The SMILES string of the molecule is CCC(C)C(=O)Nc1ccc(Nc2nc(Cl)nc(Nc3cc(S(=O)(=O)O)cc(N/N=C(\N=N\c4cc(S(=O)(=O)O)ccc4C(=O)O)c4ccccc4)c3O)n2)c(S(=O)(=O)O)c1. The number of carboxylic acids is 1. The molecule has 0 aliphatic heterocycles. The van der Waals surface area contributed by atoms with Crippen LogP contribution in [0.1, 0.15) is 36.2 Å². The van der Waals surface area contributed by atoms with Gasteiger partial charge in [-0.05, 0) is 66.6 Å². The number of phenols is 1. The molecule has 1 aromatic heterocycles. The van der Waals surface area contributed by atoms with E-state index < -0.39 is 108 Å². The predicted molar refractivity (Wildman–Crippen MR) is 218 cm³/mol. The van der Waals surface area contributed by atoms with Crippen molar-refractivity contribution >= 4 is 100 Å². The van der Waals surface area contributed by atoms with Crippen molar-refractivity contribution in [3.8, 4) is 5.75 Å². The van der Waals surface area contributed by atoms with E-state index in [-0.39, 0.29) is 22.8 Å². The maximum Gasteiger partial charge on any atom is 0.337 e. The standard InChI is InChI=1S/C34H31ClN10O13S3/c1-3-17(2)30(47)36-19-9-12-23(27(13-19)61(56,57)58)37-33-39-32(35)40-34(41-33)38-25-15-21(60(53,54)55)16-26(28(25)46)43-45-29(18-7-5-4-6-8-18)44-42-24-14-20(59(50,51)52)10-11-22(24)31(48)49/h4-17,43,46H,3H2,1-2H3,(H,36,47)(H,48,49)(H,50,51,52)(H,53,54,55)(H,56,57,58)(H2,37,38,39,40,41)/b44-42+,45-29-. The van der Waals surface area contributed by atoms with Gasteiger partial charge in [0.15, 0.2) is 5.75 Å². The van der Waals surface area contributed by atoms with Crippen molar-refractivity contribution < 1.29 is 58.7 Å². The Kier molecular flexibility index (Phi) is 13.6. The number of halogens is 1. The number of carboxylic acid groups (broad SMARTS) is 1. The molecule has 5 rings (SSSR count). The molecule has 1 atom stereocenters. The highest BCUT2D eigenvalue weighted by atomic mass is 35.5. The fraction of sp³-hybridized carbons (Fsp3) is 0.118. The number of nitrogens with one attached hydrogen (secondary N) is 4. The second-order valence-corrected chi connectivity index (χ2v) is 17.0. The first-order chi connectivity index (χ1) is 28.5. The molecule has 0 fully saturated rings. The van der Waals surface area contributed by atoms with Crippen LogP contribution in [0.25, 0.3) is 0 Å². The lowest BCUT2D eigenvalue weighted by molar-refractivity contribution is -0.119. The second-order valence-electron chi connectivity index (χ2n) is 12.4. The first-order valence-corrected chi connectivity index (χ1v) is 21.6. The molecule has 1 amide bonds. The summed E-state index contributed by atoms with van der Waals surface area (Å²) < 4.78 is 102. The Morgan fingerprint density at radius 1 is 0.770 bits per heavy atom. The molecular formula is C34H31ClN10O13S3. The van der Waals surface area contributed by atoms with Crippen LogP contribution in [-0.4, -0.2) is 81.8 Å². The van der Waals surface area contributed by atoms with Crippen molar-refractivity contribution in [1.29, 1.82) is 0 Å². The lowest BCUT2D eigenvalue weighted by Crippen LogP contribution is -2.20. The smallest absolute Gasteiger partial charge is 0.337 e. The van der Waals surface area contributed by atoms with E-state index in [9.17, 15) is 58.7 Å². The van der Waals surface area contributed by atoms with Gasteiger partial charge in [0, 0.05) is 17.2 Å². The third kappa shape index (κ3) is 11.8. The summed E-state index contributed by atoms with van der Waals surface area (Å²) in [5.41, 5.74) is 0.290. The van der Waals surface area contributed by atoms with Crippen LogP contribution in [0, 0.1) is 5.92 Å². The van der Waals surface area contributed by atoms with E-state index in [0.717, 1.165) is 36.4 Å². The predicted octanol–water partition coefficient (Wildman–Crippen LogP) is 5.70. The number of azo groups is 1. The zero-order valence-corrected chi connectivity index (χ0v) is 34.3. The van der Waals surface area contributed by atoms with Gasteiger partial charge in [0.25, 0.3) is 30.4 Å². The molecule has 5 aromatic rings. The van der Waals surface area contributed by atoms with Crippen molar-refractivity contribution in [2.45, 2.75) is 35.0 Å². The maximum atomic E-state index is 12.4. The molecule has 4 aromatic carbocycles. The molecule has 9 N–H and O–H groups in total. The number of carbonyl (C=O) groups is 2. The minimum absolute atomic E-state index is 0.0409. The molecular weight excluding hydrogens is 888 g/mol. The number of hydrazone groups is 1. The monoisotopic (exact) mass is 918 g/mol. The Bertz CT molecular complexity index is 2940. The number of hydrogen-bond acceptors (Lipinski definition) is 17. The highest BCUT2D eigenvalue weighted by Gasteiger charge is 2.22. The molecule has 61 heavy (non-hydrogen) atoms. The molecule has 0 aliphatic rings. The average Bonchev–Trinajstić information content (AvgIpc) is 3.18. The van der Waals surface area contributed by atoms with Crippen LogP contribution in [0.5, 0.6) is 5.75 Å². The summed E-state index contributed by atoms with van der Waals surface area (Å²) in [7, 11) is -14.7. The summed E-state index contributed by atoms with van der Waals surface area (Å²) in [6.45, 7) is 3.44. The second kappa shape index (κ2) is 18.3. The maximum absolute atomic E-state index is 12.4. The average molecular weight is 919 g/mol. The summed E-state index contributed by atoms with van der Waals surface area (Å²) >= 11 is 6.11. The lowest BCUT2D eigenvalue weighted by Gasteiger charge is -2.15. The zero-order chi connectivity index (χ0) is 44.9. The van der Waals surface area contributed by atoms with Crippen LogP contribution >= 0.6 is 11.6 Å². The number of amidine groups is 1. The van der Waals surface area contributed by atoms with Crippen LogP contribution in [0.4, 0.5) is 40.3 Å². The number of nitrogens with zero attached hydrogens (tertiary/aromatic N) is 6. The highest BCUT2D eigenvalue weighted by molar-refractivity contribution is 7.86. The number of aromatic nitrogens is 3. The van der Waals surface area contributed by atoms with Crippen LogP contribution in [0.2, 0.25) is 5.28 Å². The minimum Gasteiger partial charge on any atom is -0.504 e. The van der Waals surface area contributed by atoms with Gasteiger partial charge in [-0.25, -0.2) is 4.79 Å². The number of amides is 1. The minimum atomic E-state index is -5.02. The molecule has 1 unspecified atom stereocenters. The van der Waals surface area contributed by atoms with Crippen molar-refractivity contribution in [3.63, 3.8) is 0 Å². The number of aromatic hydroxyl groups is 1. The zero-order valence-electron chi connectivity index (χ0n) is 31.1. The van der Waals surface area contributed by atoms with Gasteiger partial charge < -0.3 is 26.2 Å². The van der Waals surface area contributed by atoms with Crippen LogP contribution in [0.3, 0.4) is 0 Å². The van der Waals surface area contributed by atoms with Gasteiger partial charge >= 0.3 is 5.97 Å². The molecule has 0 aliphatic carbocycles. The van der Waals surface area contributed by atoms with E-state index >= 15 is 0 Å². The van der Waals surface area contributed by atoms with Gasteiger partial charge in [-0.3, -0.25) is 23.9 Å². The third-order valence-electron chi connectivity index (χ3n) is 8.13. The van der Waals surface area contributed by atoms with Gasteiger partial charge in [0.1, 0.15) is 16.3 Å². The number of anilines is 6. The van der Waals surface area contributed by atoms with Crippen molar-refractivity contribution in [2.75, 3.05) is 21.4 Å². The summed E-state index contributed by atoms with van der Waals surface area (Å²) in [6.07, 6.45) is 0.499. The highest BCUT2D eigenvalue weighted by Crippen LogP contribution is 2.37. The third-order valence-corrected chi connectivity index (χ3v) is 10.9. The lowest BCUT2D eigenvalue weighted by atomic mass is 10.1. The quantitative estimate of drug-likeness (QED) is 0.0152. The Labute approximate surface area is 350 Å². The van der Waals surface area contributed by atoms with Gasteiger partial charge in [-0.2, -0.15) is 45.3 Å². The van der Waals surface area contributed by atoms with Crippen molar-refractivity contribution in [2.24, 2.45) is 21.2 Å². The number of hydrogen-bond donors (Lipinski definition) is 9. The van der Waals surface area contributed by atoms with Gasteiger partial charge in [0.2, 0.25) is 28.9 Å². The van der Waals surface area contributed by atoms with E-state index in [1.165, 1.54) is 24.3 Å². The number of carbonyl (C=O) groups excluding carboxylic acids is 1. The fourth-order valence-corrected chi connectivity index (χ4v) is 6.76. The molecule has 0 spiro atoms. The number of aromatic carboxylic acids is 1. The Morgan fingerprint density at radius 3 is 1.98 bits per heavy atom. The molecule has 0 bridgehead atoms. The van der Waals surface area contributed by atoms with Crippen LogP contribution in [-0.2, 0) is 35.1 Å². The molecule has 320 valence electrons. The summed E-state index contributed by atoms with van der Waals surface area (Å²) in [4.78, 5) is 33.8. The fourth-order valence-electron chi connectivity index (χ4n) is 4.89. The van der Waals surface area contributed by atoms with Gasteiger partial charge in [-0.1, -0.05) is 44.2 Å². The molecule has 0 radical (unpaired) electrons. The summed E-state index contributed by atoms with van der Waals surface area (Å²) in [5, 5.41) is 39.8. The van der Waals surface area contributed by atoms with Gasteiger partial charge in [-0.15, -0.1) is 10.2 Å². The van der Waals surface area contributed by atoms with Crippen LogP contribution < -0.4 is 21.4 Å². The van der Waals surface area contributed by atoms with E-state index in [1.54, 1.807) is 32.0 Å². The number of rotatable bonds is 15. The number of benzene rings is 4.